The van der Waals surface area contributed by atoms with E-state index in [4.69, 9.17) is 23.2 Å². The van der Waals surface area contributed by atoms with Gasteiger partial charge in [0.15, 0.2) is 5.78 Å². The molecule has 23 heavy (non-hydrogen) atoms. The van der Waals surface area contributed by atoms with Crippen molar-refractivity contribution in [3.63, 3.8) is 0 Å². The molecule has 0 N–H and O–H groups in total. The van der Waals surface area contributed by atoms with E-state index in [1.165, 1.54) is 57.8 Å². The van der Waals surface area contributed by atoms with Crippen LogP contribution in [0, 0.1) is 0 Å². The van der Waals surface area contributed by atoms with Gasteiger partial charge in [0, 0.05) is 22.0 Å². The van der Waals surface area contributed by atoms with Crippen molar-refractivity contribution in [3.8, 4) is 0 Å². The molecule has 0 aliphatic rings. The van der Waals surface area contributed by atoms with Gasteiger partial charge in [-0.15, -0.1) is 0 Å². The molecular weight excluding hydrogens is 327 g/mol. The lowest BCUT2D eigenvalue weighted by atomic mass is 10.0. The third kappa shape index (κ3) is 10.0. The molecule has 130 valence electrons. The lowest BCUT2D eigenvalue weighted by Crippen LogP contribution is -1.99. The highest BCUT2D eigenvalue weighted by atomic mass is 35.5. The molecular formula is C20H30Cl2O. The summed E-state index contributed by atoms with van der Waals surface area (Å²) in [5.74, 6) is 0.144. The number of ketones is 1. The van der Waals surface area contributed by atoms with Gasteiger partial charge in [0.2, 0.25) is 0 Å². The molecule has 0 fully saturated rings. The molecule has 1 aromatic carbocycles. The minimum atomic E-state index is 0.144. The monoisotopic (exact) mass is 356 g/mol. The zero-order chi connectivity index (χ0) is 16.9. The number of unbranched alkanes of at least 4 members (excludes halogenated alkanes) is 10. The molecule has 0 saturated heterocycles. The summed E-state index contributed by atoms with van der Waals surface area (Å²) >= 11 is 11.9. The molecule has 0 radical (unpaired) electrons. The minimum Gasteiger partial charge on any atom is -0.294 e. The Morgan fingerprint density at radius 2 is 1.17 bits per heavy atom. The molecule has 0 bridgehead atoms. The van der Waals surface area contributed by atoms with Gasteiger partial charge in [-0.3, -0.25) is 4.79 Å². The maximum Gasteiger partial charge on any atom is 0.162 e. The van der Waals surface area contributed by atoms with E-state index in [0.29, 0.717) is 22.0 Å². The molecule has 0 aliphatic heterocycles. The second-order valence-electron chi connectivity index (χ2n) is 6.37. The largest absolute Gasteiger partial charge is 0.294 e. The van der Waals surface area contributed by atoms with Crippen molar-refractivity contribution in [2.24, 2.45) is 0 Å². The van der Waals surface area contributed by atoms with Crippen molar-refractivity contribution in [2.75, 3.05) is 0 Å². The fourth-order valence-electron chi connectivity index (χ4n) is 2.81. The van der Waals surface area contributed by atoms with Gasteiger partial charge in [0.05, 0.1) is 0 Å². The van der Waals surface area contributed by atoms with Crippen molar-refractivity contribution in [1.82, 2.24) is 0 Å². The molecule has 0 atom stereocenters. The number of benzene rings is 1. The Morgan fingerprint density at radius 3 is 1.65 bits per heavy atom. The summed E-state index contributed by atoms with van der Waals surface area (Å²) in [6.07, 6.45) is 14.8. The number of carbonyl (C=O) groups excluding carboxylic acids is 1. The Balaban J connectivity index is 2.01. The summed E-state index contributed by atoms with van der Waals surface area (Å²) in [6.45, 7) is 2.26. The van der Waals surface area contributed by atoms with E-state index >= 15 is 0 Å². The first-order valence-corrected chi connectivity index (χ1v) is 9.88. The lowest BCUT2D eigenvalue weighted by molar-refractivity contribution is 0.0979. The van der Waals surface area contributed by atoms with E-state index in [9.17, 15) is 4.79 Å². The van der Waals surface area contributed by atoms with E-state index in [1.807, 2.05) is 0 Å². The molecule has 0 amide bonds. The minimum absolute atomic E-state index is 0.144. The van der Waals surface area contributed by atoms with Gasteiger partial charge in [-0.1, -0.05) is 94.3 Å². The van der Waals surface area contributed by atoms with Crippen LogP contribution in [-0.2, 0) is 0 Å². The first-order valence-electron chi connectivity index (χ1n) is 9.12. The second-order valence-corrected chi connectivity index (χ2v) is 7.24. The number of carbonyl (C=O) groups is 1. The normalized spacial score (nSPS) is 10.9. The van der Waals surface area contributed by atoms with Crippen molar-refractivity contribution >= 4 is 29.0 Å². The van der Waals surface area contributed by atoms with Gasteiger partial charge in [-0.2, -0.15) is 0 Å². The van der Waals surface area contributed by atoms with Crippen LogP contribution < -0.4 is 0 Å². The maximum atomic E-state index is 12.1. The summed E-state index contributed by atoms with van der Waals surface area (Å²) in [6, 6.07) is 5.06. The number of rotatable bonds is 13. The Kier molecular flexibility index (Phi) is 11.5. The Hall–Kier alpha value is -0.530. The summed E-state index contributed by atoms with van der Waals surface area (Å²) < 4.78 is 0. The van der Waals surface area contributed by atoms with Gasteiger partial charge in [0.1, 0.15) is 0 Å². The molecule has 0 heterocycles. The first-order chi connectivity index (χ1) is 11.1. The molecule has 0 saturated carbocycles. The quantitative estimate of drug-likeness (QED) is 0.259. The van der Waals surface area contributed by atoms with Crippen LogP contribution in [0.4, 0.5) is 0 Å². The highest BCUT2D eigenvalue weighted by Crippen LogP contribution is 2.21. The van der Waals surface area contributed by atoms with E-state index in [2.05, 4.69) is 6.92 Å². The summed E-state index contributed by atoms with van der Waals surface area (Å²) in [7, 11) is 0. The van der Waals surface area contributed by atoms with Crippen molar-refractivity contribution in [2.45, 2.75) is 84.0 Å². The van der Waals surface area contributed by atoms with Crippen LogP contribution in [0.1, 0.15) is 94.3 Å². The molecule has 1 aromatic rings. The zero-order valence-electron chi connectivity index (χ0n) is 14.4. The zero-order valence-corrected chi connectivity index (χ0v) is 15.9. The van der Waals surface area contributed by atoms with Gasteiger partial charge >= 0.3 is 0 Å². The third-order valence-electron chi connectivity index (χ3n) is 4.19. The molecule has 0 unspecified atom stereocenters. The standard InChI is InChI=1S/C20H30Cl2O/c1-2-3-4-5-6-7-8-9-10-11-12-13-20(23)17-14-18(21)16-19(22)15-17/h14-16H,2-13H2,1H3. The average molecular weight is 357 g/mol. The second kappa shape index (κ2) is 12.8. The molecule has 3 heteroatoms. The van der Waals surface area contributed by atoms with E-state index in [1.54, 1.807) is 18.2 Å². The SMILES string of the molecule is CCCCCCCCCCCCCC(=O)c1cc(Cl)cc(Cl)c1. The van der Waals surface area contributed by atoms with Crippen LogP contribution in [-0.4, -0.2) is 5.78 Å². The molecule has 1 nitrogen and oxygen atoms in total. The highest BCUT2D eigenvalue weighted by Gasteiger charge is 2.07. The number of hydrogen-bond acceptors (Lipinski definition) is 1. The fraction of sp³-hybridized carbons (Fsp3) is 0.650. The van der Waals surface area contributed by atoms with Crippen LogP contribution in [0.3, 0.4) is 0 Å². The predicted molar refractivity (Wildman–Crippen MR) is 102 cm³/mol. The fourth-order valence-corrected chi connectivity index (χ4v) is 3.33. The van der Waals surface area contributed by atoms with Crippen molar-refractivity contribution in [1.29, 1.82) is 0 Å². The maximum absolute atomic E-state index is 12.1. The van der Waals surface area contributed by atoms with Gasteiger partial charge < -0.3 is 0 Å². The van der Waals surface area contributed by atoms with Crippen LogP contribution in [0.15, 0.2) is 18.2 Å². The molecule has 1 rings (SSSR count). The molecule has 0 aromatic heterocycles. The van der Waals surface area contributed by atoms with E-state index in [0.717, 1.165) is 12.8 Å². The number of hydrogen-bond donors (Lipinski definition) is 0. The Morgan fingerprint density at radius 1 is 0.739 bits per heavy atom. The lowest BCUT2D eigenvalue weighted by Gasteiger charge is -2.04. The van der Waals surface area contributed by atoms with Gasteiger partial charge in [-0.05, 0) is 24.6 Å². The summed E-state index contributed by atoms with van der Waals surface area (Å²) in [5, 5.41) is 1.06. The molecule has 0 spiro atoms. The van der Waals surface area contributed by atoms with Crippen molar-refractivity contribution < 1.29 is 4.79 Å². The van der Waals surface area contributed by atoms with E-state index < -0.39 is 0 Å². The smallest absolute Gasteiger partial charge is 0.162 e. The first kappa shape index (κ1) is 20.5. The van der Waals surface area contributed by atoms with Crippen LogP contribution in [0.25, 0.3) is 0 Å². The van der Waals surface area contributed by atoms with Gasteiger partial charge in [0.25, 0.3) is 0 Å². The topological polar surface area (TPSA) is 17.1 Å². The van der Waals surface area contributed by atoms with Crippen molar-refractivity contribution in [3.05, 3.63) is 33.8 Å². The molecule has 0 aliphatic carbocycles. The average Bonchev–Trinajstić information content (AvgIpc) is 2.51. The highest BCUT2D eigenvalue weighted by molar-refractivity contribution is 6.35. The van der Waals surface area contributed by atoms with Crippen LogP contribution >= 0.6 is 23.2 Å². The third-order valence-corrected chi connectivity index (χ3v) is 4.63. The predicted octanol–water partition coefficient (Wildman–Crippen LogP) is 7.88. The summed E-state index contributed by atoms with van der Waals surface area (Å²) in [4.78, 5) is 12.1. The Labute approximate surface area is 151 Å². The van der Waals surface area contributed by atoms with Crippen LogP contribution in [0.5, 0.6) is 0 Å². The number of halogens is 2. The number of Topliss-reactive ketones (excluding diaryl/α,β-unsaturated/α-hetero) is 1. The van der Waals surface area contributed by atoms with Gasteiger partial charge in [-0.25, -0.2) is 0 Å². The summed E-state index contributed by atoms with van der Waals surface area (Å²) in [5.41, 5.74) is 0.634. The Bertz CT molecular complexity index is 437. The van der Waals surface area contributed by atoms with E-state index in [-0.39, 0.29) is 5.78 Å². The van der Waals surface area contributed by atoms with Crippen LogP contribution in [0.2, 0.25) is 10.0 Å².